The summed E-state index contributed by atoms with van der Waals surface area (Å²) in [6.07, 6.45) is 4.56. The van der Waals surface area contributed by atoms with Crippen LogP contribution in [0.5, 0.6) is 0 Å². The Morgan fingerprint density at radius 1 is 1.42 bits per heavy atom. The molecule has 1 atom stereocenters. The van der Waals surface area contributed by atoms with Crippen molar-refractivity contribution < 1.29 is 4.39 Å². The molecule has 106 valence electrons. The van der Waals surface area contributed by atoms with Gasteiger partial charge in [-0.05, 0) is 69.6 Å². The summed E-state index contributed by atoms with van der Waals surface area (Å²) in [5, 5.41) is 3.51. The minimum absolute atomic E-state index is 0.103. The summed E-state index contributed by atoms with van der Waals surface area (Å²) in [5.74, 6) is -0.103. The number of benzene rings is 1. The Hall–Kier alpha value is -0.450. The van der Waals surface area contributed by atoms with Crippen LogP contribution in [0.2, 0.25) is 0 Å². The molecular formula is C15H22BrFN2. The second kappa shape index (κ2) is 7.36. The van der Waals surface area contributed by atoms with E-state index in [1.165, 1.54) is 25.3 Å². The van der Waals surface area contributed by atoms with Crippen LogP contribution in [0.15, 0.2) is 22.7 Å². The minimum atomic E-state index is -0.103. The van der Waals surface area contributed by atoms with Gasteiger partial charge in [-0.1, -0.05) is 15.9 Å². The van der Waals surface area contributed by atoms with E-state index in [1.54, 1.807) is 6.07 Å². The highest BCUT2D eigenvalue weighted by Crippen LogP contribution is 2.16. The molecule has 0 amide bonds. The van der Waals surface area contributed by atoms with Crippen LogP contribution in [0, 0.1) is 5.82 Å². The highest BCUT2D eigenvalue weighted by Gasteiger charge is 2.14. The van der Waals surface area contributed by atoms with E-state index in [9.17, 15) is 4.39 Å². The average Bonchev–Trinajstić information content (AvgIpc) is 2.90. The third kappa shape index (κ3) is 4.86. The number of halogens is 2. The van der Waals surface area contributed by atoms with Crippen LogP contribution in [0.3, 0.4) is 0 Å². The van der Waals surface area contributed by atoms with Crippen molar-refractivity contribution in [2.75, 3.05) is 26.7 Å². The summed E-state index contributed by atoms with van der Waals surface area (Å²) in [6.45, 7) is 3.14. The van der Waals surface area contributed by atoms with E-state index in [2.05, 4.69) is 33.2 Å². The van der Waals surface area contributed by atoms with Crippen molar-refractivity contribution in [2.24, 2.45) is 0 Å². The first kappa shape index (κ1) is 14.9. The molecule has 19 heavy (non-hydrogen) atoms. The van der Waals surface area contributed by atoms with Crippen LogP contribution < -0.4 is 5.32 Å². The van der Waals surface area contributed by atoms with Gasteiger partial charge < -0.3 is 10.2 Å². The van der Waals surface area contributed by atoms with Crippen molar-refractivity contribution in [1.29, 1.82) is 0 Å². The van der Waals surface area contributed by atoms with Gasteiger partial charge in [0.2, 0.25) is 0 Å². The summed E-state index contributed by atoms with van der Waals surface area (Å²) < 4.78 is 14.5. The van der Waals surface area contributed by atoms with Gasteiger partial charge in [-0.2, -0.15) is 0 Å². The summed E-state index contributed by atoms with van der Waals surface area (Å²) in [7, 11) is 2.12. The summed E-state index contributed by atoms with van der Waals surface area (Å²) in [6, 6.07) is 5.84. The first-order chi connectivity index (χ1) is 9.15. The van der Waals surface area contributed by atoms with E-state index in [1.807, 2.05) is 6.07 Å². The molecule has 2 nitrogen and oxygen atoms in total. The molecule has 0 saturated carbocycles. The second-order valence-electron chi connectivity index (χ2n) is 5.37. The van der Waals surface area contributed by atoms with Gasteiger partial charge in [-0.3, -0.25) is 0 Å². The van der Waals surface area contributed by atoms with Gasteiger partial charge in [-0.15, -0.1) is 0 Å². The Bertz CT molecular complexity index is 405. The number of nitrogens with one attached hydrogen (secondary N) is 1. The molecule has 1 unspecified atom stereocenters. The zero-order valence-corrected chi connectivity index (χ0v) is 13.0. The number of rotatable bonds is 6. The maximum absolute atomic E-state index is 13.6. The monoisotopic (exact) mass is 328 g/mol. The molecule has 4 heteroatoms. The lowest BCUT2D eigenvalue weighted by molar-refractivity contribution is 0.315. The Morgan fingerprint density at radius 2 is 2.26 bits per heavy atom. The highest BCUT2D eigenvalue weighted by atomic mass is 79.9. The van der Waals surface area contributed by atoms with E-state index in [4.69, 9.17) is 0 Å². The van der Waals surface area contributed by atoms with Gasteiger partial charge in [0.25, 0.3) is 0 Å². The SMILES string of the molecule is CN(CCc1cc(Br)ccc1F)CCC1CCCN1. The first-order valence-electron chi connectivity index (χ1n) is 7.01. The molecule has 1 saturated heterocycles. The van der Waals surface area contributed by atoms with Gasteiger partial charge in [0.05, 0.1) is 0 Å². The molecule has 1 aliphatic rings. The molecule has 1 aliphatic heterocycles. The zero-order chi connectivity index (χ0) is 13.7. The lowest BCUT2D eigenvalue weighted by atomic mass is 10.1. The van der Waals surface area contributed by atoms with E-state index >= 15 is 0 Å². The lowest BCUT2D eigenvalue weighted by Crippen LogP contribution is -2.29. The molecule has 2 rings (SSSR count). The molecule has 0 radical (unpaired) electrons. The van der Waals surface area contributed by atoms with Crippen LogP contribution in [0.4, 0.5) is 4.39 Å². The lowest BCUT2D eigenvalue weighted by Gasteiger charge is -2.19. The molecule has 1 heterocycles. The number of hydrogen-bond acceptors (Lipinski definition) is 2. The van der Waals surface area contributed by atoms with Crippen LogP contribution in [-0.4, -0.2) is 37.6 Å². The number of likely N-dealkylation sites (N-methyl/N-ethyl adjacent to an activating group) is 1. The smallest absolute Gasteiger partial charge is 0.126 e. The van der Waals surface area contributed by atoms with E-state index in [0.717, 1.165) is 36.1 Å². The Kier molecular flexibility index (Phi) is 5.79. The number of hydrogen-bond donors (Lipinski definition) is 1. The normalized spacial score (nSPS) is 19.3. The summed E-state index contributed by atoms with van der Waals surface area (Å²) in [5.41, 5.74) is 0.792. The standard InChI is InChI=1S/C15H22BrFN2/c1-19(10-7-14-3-2-8-18-14)9-6-12-11-13(16)4-5-15(12)17/h4-5,11,14,18H,2-3,6-10H2,1H3. The van der Waals surface area contributed by atoms with Gasteiger partial charge in [-0.25, -0.2) is 4.39 Å². The molecule has 0 aliphatic carbocycles. The number of nitrogens with zero attached hydrogens (tertiary/aromatic N) is 1. The van der Waals surface area contributed by atoms with Crippen molar-refractivity contribution in [2.45, 2.75) is 31.7 Å². The molecule has 0 aromatic heterocycles. The quantitative estimate of drug-likeness (QED) is 0.862. The molecule has 1 fully saturated rings. The van der Waals surface area contributed by atoms with E-state index in [-0.39, 0.29) is 5.82 Å². The zero-order valence-electron chi connectivity index (χ0n) is 11.5. The fraction of sp³-hybridized carbons (Fsp3) is 0.600. The van der Waals surface area contributed by atoms with Crippen molar-refractivity contribution in [1.82, 2.24) is 10.2 Å². The van der Waals surface area contributed by atoms with Crippen molar-refractivity contribution in [3.05, 3.63) is 34.1 Å². The Morgan fingerprint density at radius 3 is 3.00 bits per heavy atom. The first-order valence-corrected chi connectivity index (χ1v) is 7.80. The molecule has 0 bridgehead atoms. The van der Waals surface area contributed by atoms with Gasteiger partial charge in [0.15, 0.2) is 0 Å². The van der Waals surface area contributed by atoms with Crippen LogP contribution in [-0.2, 0) is 6.42 Å². The fourth-order valence-electron chi connectivity index (χ4n) is 2.54. The molecule has 0 spiro atoms. The van der Waals surface area contributed by atoms with Crippen molar-refractivity contribution in [3.8, 4) is 0 Å². The predicted molar refractivity (Wildman–Crippen MR) is 80.9 cm³/mol. The van der Waals surface area contributed by atoms with Crippen LogP contribution in [0.25, 0.3) is 0 Å². The summed E-state index contributed by atoms with van der Waals surface area (Å²) >= 11 is 3.39. The highest BCUT2D eigenvalue weighted by molar-refractivity contribution is 9.10. The van der Waals surface area contributed by atoms with Gasteiger partial charge >= 0.3 is 0 Å². The predicted octanol–water partition coefficient (Wildman–Crippen LogP) is 3.20. The molecule has 1 N–H and O–H groups in total. The maximum atomic E-state index is 13.6. The molecule has 1 aromatic rings. The average molecular weight is 329 g/mol. The largest absolute Gasteiger partial charge is 0.314 e. The summed E-state index contributed by atoms with van der Waals surface area (Å²) in [4.78, 5) is 2.29. The fourth-order valence-corrected chi connectivity index (χ4v) is 2.95. The Balaban J connectivity index is 1.73. The third-order valence-electron chi connectivity index (χ3n) is 3.79. The topological polar surface area (TPSA) is 15.3 Å². The van der Waals surface area contributed by atoms with Gasteiger partial charge in [0, 0.05) is 17.1 Å². The van der Waals surface area contributed by atoms with E-state index in [0.29, 0.717) is 6.04 Å². The van der Waals surface area contributed by atoms with Crippen molar-refractivity contribution >= 4 is 15.9 Å². The molecule has 1 aromatic carbocycles. The minimum Gasteiger partial charge on any atom is -0.314 e. The van der Waals surface area contributed by atoms with Crippen LogP contribution >= 0.6 is 15.9 Å². The second-order valence-corrected chi connectivity index (χ2v) is 6.29. The molecular weight excluding hydrogens is 307 g/mol. The third-order valence-corrected chi connectivity index (χ3v) is 4.29. The maximum Gasteiger partial charge on any atom is 0.126 e. The van der Waals surface area contributed by atoms with Gasteiger partial charge in [0.1, 0.15) is 5.82 Å². The van der Waals surface area contributed by atoms with Crippen molar-refractivity contribution in [3.63, 3.8) is 0 Å². The Labute approximate surface area is 123 Å². The van der Waals surface area contributed by atoms with E-state index < -0.39 is 0 Å². The van der Waals surface area contributed by atoms with Crippen LogP contribution in [0.1, 0.15) is 24.8 Å².